The van der Waals surface area contributed by atoms with E-state index in [4.69, 9.17) is 10.5 Å². The highest BCUT2D eigenvalue weighted by Gasteiger charge is 2.48. The standard InChI is InChI=1S/C7H15NO2/c1-6(2,3-8)7(9)4-10-5-7/h9H,3-5,8H2,1-2H3. The summed E-state index contributed by atoms with van der Waals surface area (Å²) in [7, 11) is 0. The minimum absolute atomic E-state index is 0.217. The maximum absolute atomic E-state index is 9.73. The second-order valence-electron chi connectivity index (χ2n) is 3.61. The molecule has 0 bridgehead atoms. The van der Waals surface area contributed by atoms with Gasteiger partial charge in [-0.15, -0.1) is 0 Å². The summed E-state index contributed by atoms with van der Waals surface area (Å²) in [6.45, 7) is 5.26. The number of nitrogens with two attached hydrogens (primary N) is 1. The Hall–Kier alpha value is -0.120. The summed E-state index contributed by atoms with van der Waals surface area (Å²) in [5, 5.41) is 9.73. The van der Waals surface area contributed by atoms with Crippen LogP contribution < -0.4 is 5.73 Å². The van der Waals surface area contributed by atoms with Crippen LogP contribution in [-0.2, 0) is 4.74 Å². The van der Waals surface area contributed by atoms with E-state index in [0.717, 1.165) is 0 Å². The largest absolute Gasteiger partial charge is 0.384 e. The molecule has 0 spiro atoms. The Bertz CT molecular complexity index is 120. The second-order valence-corrected chi connectivity index (χ2v) is 3.61. The van der Waals surface area contributed by atoms with E-state index in [0.29, 0.717) is 19.8 Å². The molecule has 0 aliphatic carbocycles. The van der Waals surface area contributed by atoms with Gasteiger partial charge in [-0.05, 0) is 0 Å². The Morgan fingerprint density at radius 3 is 2.20 bits per heavy atom. The molecule has 0 unspecified atom stereocenters. The molecule has 0 aromatic carbocycles. The molecule has 60 valence electrons. The van der Waals surface area contributed by atoms with Gasteiger partial charge in [0, 0.05) is 12.0 Å². The lowest BCUT2D eigenvalue weighted by Crippen LogP contribution is -2.61. The van der Waals surface area contributed by atoms with Gasteiger partial charge in [-0.3, -0.25) is 0 Å². The average Bonchev–Trinajstić information content (AvgIpc) is 1.82. The zero-order valence-corrected chi connectivity index (χ0v) is 6.55. The zero-order chi connectivity index (χ0) is 7.83. The Kier molecular flexibility index (Phi) is 1.75. The van der Waals surface area contributed by atoms with Gasteiger partial charge < -0.3 is 15.6 Å². The van der Waals surface area contributed by atoms with Crippen LogP contribution in [0, 0.1) is 5.41 Å². The Balaban J connectivity index is 2.61. The topological polar surface area (TPSA) is 55.5 Å². The van der Waals surface area contributed by atoms with Gasteiger partial charge in [0.1, 0.15) is 5.60 Å². The predicted molar refractivity (Wildman–Crippen MR) is 38.6 cm³/mol. The van der Waals surface area contributed by atoms with Crippen LogP contribution in [0.3, 0.4) is 0 Å². The van der Waals surface area contributed by atoms with Gasteiger partial charge in [0.2, 0.25) is 0 Å². The van der Waals surface area contributed by atoms with E-state index >= 15 is 0 Å². The van der Waals surface area contributed by atoms with E-state index in [1.165, 1.54) is 0 Å². The Labute approximate surface area is 61.2 Å². The summed E-state index contributed by atoms with van der Waals surface area (Å²) >= 11 is 0. The van der Waals surface area contributed by atoms with Crippen molar-refractivity contribution >= 4 is 0 Å². The predicted octanol–water partition coefficient (Wildman–Crippen LogP) is -0.267. The van der Waals surface area contributed by atoms with Crippen molar-refractivity contribution in [2.75, 3.05) is 19.8 Å². The molecule has 0 amide bonds. The lowest BCUT2D eigenvalue weighted by molar-refractivity contribution is -0.230. The van der Waals surface area contributed by atoms with Gasteiger partial charge in [0.25, 0.3) is 0 Å². The molecule has 10 heavy (non-hydrogen) atoms. The maximum Gasteiger partial charge on any atom is 0.117 e. The van der Waals surface area contributed by atoms with Crippen molar-refractivity contribution in [3.8, 4) is 0 Å². The lowest BCUT2D eigenvalue weighted by Gasteiger charge is -2.47. The Morgan fingerprint density at radius 1 is 1.60 bits per heavy atom. The molecule has 0 saturated carbocycles. The van der Waals surface area contributed by atoms with Crippen LogP contribution in [0.4, 0.5) is 0 Å². The number of hydrogen-bond acceptors (Lipinski definition) is 3. The molecule has 1 saturated heterocycles. The fraction of sp³-hybridized carbons (Fsp3) is 1.00. The summed E-state index contributed by atoms with van der Waals surface area (Å²) < 4.78 is 4.92. The average molecular weight is 145 g/mol. The molecule has 3 heteroatoms. The van der Waals surface area contributed by atoms with Crippen LogP contribution in [0.1, 0.15) is 13.8 Å². The molecular formula is C7H15NO2. The summed E-state index contributed by atoms with van der Waals surface area (Å²) in [6, 6.07) is 0. The highest BCUT2D eigenvalue weighted by Crippen LogP contribution is 2.35. The molecule has 1 aliphatic rings. The van der Waals surface area contributed by atoms with Crippen LogP contribution in [0.5, 0.6) is 0 Å². The molecule has 0 aromatic rings. The SMILES string of the molecule is CC(C)(CN)C1(O)COC1. The van der Waals surface area contributed by atoms with Gasteiger partial charge >= 0.3 is 0 Å². The van der Waals surface area contributed by atoms with Crippen molar-refractivity contribution in [2.45, 2.75) is 19.4 Å². The first-order valence-electron chi connectivity index (χ1n) is 3.52. The van der Waals surface area contributed by atoms with Crippen LogP contribution in [-0.4, -0.2) is 30.5 Å². The van der Waals surface area contributed by atoms with Crippen molar-refractivity contribution in [2.24, 2.45) is 11.1 Å². The van der Waals surface area contributed by atoms with E-state index in [1.807, 2.05) is 13.8 Å². The fourth-order valence-electron chi connectivity index (χ4n) is 0.876. The van der Waals surface area contributed by atoms with Gasteiger partial charge in [-0.25, -0.2) is 0 Å². The lowest BCUT2D eigenvalue weighted by atomic mass is 9.73. The van der Waals surface area contributed by atoms with E-state index in [2.05, 4.69) is 0 Å². The molecule has 0 radical (unpaired) electrons. The molecule has 0 atom stereocenters. The highest BCUT2D eigenvalue weighted by molar-refractivity contribution is 4.98. The Morgan fingerprint density at radius 2 is 2.10 bits per heavy atom. The van der Waals surface area contributed by atoms with E-state index < -0.39 is 5.60 Å². The van der Waals surface area contributed by atoms with Gasteiger partial charge in [-0.2, -0.15) is 0 Å². The van der Waals surface area contributed by atoms with Crippen LogP contribution in [0.15, 0.2) is 0 Å². The van der Waals surface area contributed by atoms with Crippen LogP contribution in [0.2, 0.25) is 0 Å². The van der Waals surface area contributed by atoms with Crippen molar-refractivity contribution in [1.82, 2.24) is 0 Å². The molecule has 1 aliphatic heterocycles. The molecule has 1 rings (SSSR count). The van der Waals surface area contributed by atoms with Crippen molar-refractivity contribution < 1.29 is 9.84 Å². The summed E-state index contributed by atoms with van der Waals surface area (Å²) in [5.74, 6) is 0. The third kappa shape index (κ3) is 0.944. The fourth-order valence-corrected chi connectivity index (χ4v) is 0.876. The van der Waals surface area contributed by atoms with E-state index in [9.17, 15) is 5.11 Å². The van der Waals surface area contributed by atoms with E-state index in [-0.39, 0.29) is 5.41 Å². The number of rotatable bonds is 2. The first kappa shape index (κ1) is 7.98. The second kappa shape index (κ2) is 2.19. The van der Waals surface area contributed by atoms with Gasteiger partial charge in [0.15, 0.2) is 0 Å². The van der Waals surface area contributed by atoms with Crippen molar-refractivity contribution in [3.05, 3.63) is 0 Å². The molecule has 3 nitrogen and oxygen atoms in total. The minimum Gasteiger partial charge on any atom is -0.384 e. The molecule has 0 aromatic heterocycles. The molecule has 1 fully saturated rings. The van der Waals surface area contributed by atoms with Crippen molar-refractivity contribution in [1.29, 1.82) is 0 Å². The number of aliphatic hydroxyl groups is 1. The molecular weight excluding hydrogens is 130 g/mol. The highest BCUT2D eigenvalue weighted by atomic mass is 16.5. The normalized spacial score (nSPS) is 24.0. The van der Waals surface area contributed by atoms with Crippen LogP contribution >= 0.6 is 0 Å². The monoisotopic (exact) mass is 145 g/mol. The molecule has 1 heterocycles. The first-order chi connectivity index (χ1) is 4.52. The molecule has 3 N–H and O–H groups in total. The van der Waals surface area contributed by atoms with Crippen molar-refractivity contribution in [3.63, 3.8) is 0 Å². The smallest absolute Gasteiger partial charge is 0.117 e. The maximum atomic E-state index is 9.73. The van der Waals surface area contributed by atoms with E-state index in [1.54, 1.807) is 0 Å². The minimum atomic E-state index is -0.679. The third-order valence-corrected chi connectivity index (χ3v) is 2.45. The summed E-state index contributed by atoms with van der Waals surface area (Å²) in [6.07, 6.45) is 0. The van der Waals surface area contributed by atoms with Gasteiger partial charge in [0.05, 0.1) is 13.2 Å². The van der Waals surface area contributed by atoms with Crippen LogP contribution in [0.25, 0.3) is 0 Å². The summed E-state index contributed by atoms with van der Waals surface area (Å²) in [5.41, 5.74) is 4.59. The quantitative estimate of drug-likeness (QED) is 0.562. The first-order valence-corrected chi connectivity index (χ1v) is 3.52. The summed E-state index contributed by atoms with van der Waals surface area (Å²) in [4.78, 5) is 0. The third-order valence-electron chi connectivity index (χ3n) is 2.45. The zero-order valence-electron chi connectivity index (χ0n) is 6.55. The number of hydrogen-bond donors (Lipinski definition) is 2. The number of ether oxygens (including phenoxy) is 1. The van der Waals surface area contributed by atoms with Gasteiger partial charge in [-0.1, -0.05) is 13.8 Å².